The summed E-state index contributed by atoms with van der Waals surface area (Å²) in [5, 5.41) is 11.7. The predicted molar refractivity (Wildman–Crippen MR) is 82.4 cm³/mol. The minimum absolute atomic E-state index is 0.422. The zero-order valence-electron chi connectivity index (χ0n) is 13.7. The van der Waals surface area contributed by atoms with Gasteiger partial charge in [-0.05, 0) is 62.4 Å². The van der Waals surface area contributed by atoms with E-state index >= 15 is 0 Å². The van der Waals surface area contributed by atoms with Crippen LogP contribution in [-0.4, -0.2) is 28.6 Å². The third-order valence-corrected chi connectivity index (χ3v) is 4.95. The van der Waals surface area contributed by atoms with Crippen LogP contribution in [0.15, 0.2) is 6.20 Å². The lowest BCUT2D eigenvalue weighted by Crippen LogP contribution is -2.36. The Labute approximate surface area is 123 Å². The van der Waals surface area contributed by atoms with Crippen molar-refractivity contribution in [3.8, 4) is 0 Å². The molecule has 20 heavy (non-hydrogen) atoms. The summed E-state index contributed by atoms with van der Waals surface area (Å²) in [5.74, 6) is 2.34. The monoisotopic (exact) mass is 278 g/mol. The number of nitrogens with one attached hydrogen (secondary N) is 1. The van der Waals surface area contributed by atoms with Gasteiger partial charge in [0.25, 0.3) is 0 Å². The van der Waals surface area contributed by atoms with Gasteiger partial charge in [-0.1, -0.05) is 26.0 Å². The summed E-state index contributed by atoms with van der Waals surface area (Å²) in [6, 6.07) is 0. The average Bonchev–Trinajstić information content (AvgIpc) is 2.76. The Kier molecular flexibility index (Phi) is 4.84. The van der Waals surface area contributed by atoms with Gasteiger partial charge in [0, 0.05) is 13.2 Å². The molecule has 1 fully saturated rings. The van der Waals surface area contributed by atoms with Crippen LogP contribution in [0.4, 0.5) is 0 Å². The highest BCUT2D eigenvalue weighted by Gasteiger charge is 2.35. The largest absolute Gasteiger partial charge is 0.319 e. The Morgan fingerprint density at radius 2 is 2.05 bits per heavy atom. The van der Waals surface area contributed by atoms with Gasteiger partial charge in [-0.2, -0.15) is 0 Å². The first-order valence-electron chi connectivity index (χ1n) is 7.90. The summed E-state index contributed by atoms with van der Waals surface area (Å²) >= 11 is 0. The number of aromatic nitrogens is 3. The maximum atomic E-state index is 4.28. The maximum Gasteiger partial charge on any atom is 0.0829 e. The molecule has 1 aromatic heterocycles. The minimum Gasteiger partial charge on any atom is -0.319 e. The Morgan fingerprint density at radius 3 is 2.60 bits per heavy atom. The summed E-state index contributed by atoms with van der Waals surface area (Å²) in [5.41, 5.74) is 1.57. The van der Waals surface area contributed by atoms with Gasteiger partial charge in [-0.25, -0.2) is 0 Å². The molecule has 0 amide bonds. The molecule has 1 aliphatic carbocycles. The van der Waals surface area contributed by atoms with E-state index in [1.165, 1.54) is 19.3 Å². The van der Waals surface area contributed by atoms with Crippen LogP contribution in [0, 0.1) is 23.2 Å². The highest BCUT2D eigenvalue weighted by Crippen LogP contribution is 2.43. The summed E-state index contributed by atoms with van der Waals surface area (Å²) in [7, 11) is 4.01. The van der Waals surface area contributed by atoms with Crippen LogP contribution in [-0.2, 0) is 13.5 Å². The van der Waals surface area contributed by atoms with E-state index in [1.807, 2.05) is 11.7 Å². The number of nitrogens with zero attached hydrogens (tertiary/aromatic N) is 3. The summed E-state index contributed by atoms with van der Waals surface area (Å²) in [6.07, 6.45) is 7.18. The second kappa shape index (κ2) is 6.25. The SMILES string of the molecule is CNCC1CCC(C(C)(C)C)CC1Cc1cn(C)nn1. The average molecular weight is 278 g/mol. The molecule has 1 aromatic rings. The second-order valence-corrected chi connectivity index (χ2v) is 7.54. The highest BCUT2D eigenvalue weighted by atomic mass is 15.4. The molecule has 3 atom stereocenters. The lowest BCUT2D eigenvalue weighted by Gasteiger charge is -2.42. The fourth-order valence-electron chi connectivity index (χ4n) is 3.65. The lowest BCUT2D eigenvalue weighted by molar-refractivity contribution is 0.0975. The zero-order valence-corrected chi connectivity index (χ0v) is 13.7. The zero-order chi connectivity index (χ0) is 14.8. The normalized spacial score (nSPS) is 27.8. The van der Waals surface area contributed by atoms with E-state index in [0.29, 0.717) is 5.41 Å². The van der Waals surface area contributed by atoms with Gasteiger partial charge < -0.3 is 5.32 Å². The van der Waals surface area contributed by atoms with Gasteiger partial charge >= 0.3 is 0 Å². The molecule has 0 saturated heterocycles. The molecule has 0 aromatic carbocycles. The first-order valence-corrected chi connectivity index (χ1v) is 7.90. The van der Waals surface area contributed by atoms with Crippen molar-refractivity contribution in [1.82, 2.24) is 20.3 Å². The van der Waals surface area contributed by atoms with Gasteiger partial charge in [0.1, 0.15) is 0 Å². The minimum atomic E-state index is 0.422. The van der Waals surface area contributed by atoms with Gasteiger partial charge in [0.2, 0.25) is 0 Å². The Balaban J connectivity index is 2.06. The van der Waals surface area contributed by atoms with Crippen LogP contribution in [0.1, 0.15) is 45.7 Å². The second-order valence-electron chi connectivity index (χ2n) is 7.54. The lowest BCUT2D eigenvalue weighted by atomic mass is 9.64. The Hall–Kier alpha value is -0.900. The van der Waals surface area contributed by atoms with Crippen molar-refractivity contribution in [3.63, 3.8) is 0 Å². The number of aryl methyl sites for hydroxylation is 1. The van der Waals surface area contributed by atoms with Crippen LogP contribution >= 0.6 is 0 Å². The van der Waals surface area contributed by atoms with Gasteiger partial charge in [0.05, 0.1) is 5.69 Å². The number of hydrogen-bond acceptors (Lipinski definition) is 3. The molecule has 1 saturated carbocycles. The molecule has 0 spiro atoms. The molecule has 0 aliphatic heterocycles. The molecule has 1 heterocycles. The van der Waals surface area contributed by atoms with E-state index in [0.717, 1.165) is 36.4 Å². The summed E-state index contributed by atoms with van der Waals surface area (Å²) in [4.78, 5) is 0. The molecule has 4 heteroatoms. The Morgan fingerprint density at radius 1 is 1.30 bits per heavy atom. The Bertz CT molecular complexity index is 418. The molecule has 4 nitrogen and oxygen atoms in total. The van der Waals surface area contributed by atoms with Gasteiger partial charge in [-0.15, -0.1) is 5.10 Å². The fourth-order valence-corrected chi connectivity index (χ4v) is 3.65. The quantitative estimate of drug-likeness (QED) is 0.920. The first kappa shape index (κ1) is 15.5. The molecule has 0 radical (unpaired) electrons. The molecular weight excluding hydrogens is 248 g/mol. The molecule has 1 N–H and O–H groups in total. The van der Waals surface area contributed by atoms with Crippen LogP contribution < -0.4 is 5.32 Å². The van der Waals surface area contributed by atoms with Crippen molar-refractivity contribution < 1.29 is 0 Å². The van der Waals surface area contributed by atoms with Crippen molar-refractivity contribution >= 4 is 0 Å². The molecular formula is C16H30N4. The molecule has 0 bridgehead atoms. The van der Waals surface area contributed by atoms with Crippen molar-refractivity contribution in [2.45, 2.75) is 46.5 Å². The molecule has 3 unspecified atom stereocenters. The van der Waals surface area contributed by atoms with Gasteiger partial charge in [0.15, 0.2) is 0 Å². The van der Waals surface area contributed by atoms with E-state index in [2.05, 4.69) is 49.6 Å². The molecule has 1 aliphatic rings. The van der Waals surface area contributed by atoms with Crippen LogP contribution in [0.2, 0.25) is 0 Å². The third-order valence-electron chi connectivity index (χ3n) is 4.95. The van der Waals surface area contributed by atoms with Crippen LogP contribution in [0.5, 0.6) is 0 Å². The highest BCUT2D eigenvalue weighted by molar-refractivity contribution is 4.97. The molecule has 2 rings (SSSR count). The first-order chi connectivity index (χ1) is 9.40. The topological polar surface area (TPSA) is 42.7 Å². The van der Waals surface area contributed by atoms with Crippen molar-refractivity contribution in [1.29, 1.82) is 0 Å². The third kappa shape index (κ3) is 3.81. The summed E-state index contributed by atoms with van der Waals surface area (Å²) < 4.78 is 1.81. The predicted octanol–water partition coefficient (Wildman–Crippen LogP) is 2.66. The van der Waals surface area contributed by atoms with Crippen molar-refractivity contribution in [3.05, 3.63) is 11.9 Å². The van der Waals surface area contributed by atoms with Crippen molar-refractivity contribution in [2.75, 3.05) is 13.6 Å². The summed E-state index contributed by atoms with van der Waals surface area (Å²) in [6.45, 7) is 8.28. The van der Waals surface area contributed by atoms with E-state index in [4.69, 9.17) is 0 Å². The standard InChI is InChI=1S/C16H30N4/c1-16(2,3)14-7-6-12(10-17-4)13(8-14)9-15-11-20(5)19-18-15/h11-14,17H,6-10H2,1-5H3. The van der Waals surface area contributed by atoms with Crippen LogP contribution in [0.3, 0.4) is 0 Å². The van der Waals surface area contributed by atoms with Crippen molar-refractivity contribution in [2.24, 2.45) is 30.2 Å². The fraction of sp³-hybridized carbons (Fsp3) is 0.875. The number of rotatable bonds is 4. The maximum absolute atomic E-state index is 4.28. The van der Waals surface area contributed by atoms with E-state index in [-0.39, 0.29) is 0 Å². The number of hydrogen-bond donors (Lipinski definition) is 1. The molecule has 114 valence electrons. The van der Waals surface area contributed by atoms with E-state index in [9.17, 15) is 0 Å². The van der Waals surface area contributed by atoms with Gasteiger partial charge in [-0.3, -0.25) is 4.68 Å². The van der Waals surface area contributed by atoms with Crippen LogP contribution in [0.25, 0.3) is 0 Å². The smallest absolute Gasteiger partial charge is 0.0829 e. The van der Waals surface area contributed by atoms with E-state index < -0.39 is 0 Å². The van der Waals surface area contributed by atoms with E-state index in [1.54, 1.807) is 0 Å².